The summed E-state index contributed by atoms with van der Waals surface area (Å²) in [6, 6.07) is 0. The number of hydrogen-bond donors (Lipinski definition) is 0. The fourth-order valence-electron chi connectivity index (χ4n) is 1.66. The fourth-order valence-corrected chi connectivity index (χ4v) is 3.13. The Labute approximate surface area is 94.0 Å². The molecule has 0 spiro atoms. The van der Waals surface area contributed by atoms with Crippen molar-refractivity contribution in [3.05, 3.63) is 27.4 Å². The molecule has 0 aliphatic carbocycles. The summed E-state index contributed by atoms with van der Waals surface area (Å²) in [6.45, 7) is 0.916. The highest BCUT2D eigenvalue weighted by Crippen LogP contribution is 2.29. The molecule has 1 aliphatic heterocycles. The molecule has 1 aromatic rings. The number of aryl methyl sites for hydroxylation is 1. The molecule has 9 heteroatoms. The van der Waals surface area contributed by atoms with Crippen molar-refractivity contribution < 1.29 is 21.6 Å². The summed E-state index contributed by atoms with van der Waals surface area (Å²) in [6.07, 6.45) is -4.94. The van der Waals surface area contributed by atoms with Crippen LogP contribution in [0, 0.1) is 6.92 Å². The maximum atomic E-state index is 12.5. The van der Waals surface area contributed by atoms with E-state index >= 15 is 0 Å². The topological polar surface area (TPSA) is 69.0 Å². The molecule has 2 heterocycles. The Morgan fingerprint density at radius 3 is 2.47 bits per heavy atom. The third kappa shape index (κ3) is 1.74. The van der Waals surface area contributed by atoms with Gasteiger partial charge in [0.25, 0.3) is 5.56 Å². The van der Waals surface area contributed by atoms with Gasteiger partial charge in [-0.25, -0.2) is 13.4 Å². The minimum Gasteiger partial charge on any atom is -0.268 e. The molecule has 1 aromatic heterocycles. The molecular weight excluding hydrogens is 261 g/mol. The lowest BCUT2D eigenvalue weighted by Crippen LogP contribution is -2.31. The van der Waals surface area contributed by atoms with Crippen molar-refractivity contribution in [3.8, 4) is 0 Å². The largest absolute Gasteiger partial charge is 0.433 e. The predicted molar refractivity (Wildman–Crippen MR) is 51.1 cm³/mol. The number of fused-ring (bicyclic) bond motifs is 1. The van der Waals surface area contributed by atoms with Crippen LogP contribution in [0.1, 0.15) is 17.1 Å². The summed E-state index contributed by atoms with van der Waals surface area (Å²) in [7, 11) is -3.85. The van der Waals surface area contributed by atoms with Crippen molar-refractivity contribution >= 4 is 10.0 Å². The van der Waals surface area contributed by atoms with Gasteiger partial charge in [0.2, 0.25) is 10.0 Å². The molecule has 0 bridgehead atoms. The van der Waals surface area contributed by atoms with Gasteiger partial charge in [-0.05, 0) is 6.92 Å². The molecule has 0 amide bonds. The summed E-state index contributed by atoms with van der Waals surface area (Å²) in [5.74, 6) is -0.747. The molecule has 1 aliphatic rings. The van der Waals surface area contributed by atoms with Gasteiger partial charge < -0.3 is 0 Å². The average Bonchev–Trinajstić information content (AvgIpc) is 2.46. The van der Waals surface area contributed by atoms with Gasteiger partial charge in [-0.2, -0.15) is 17.1 Å². The lowest BCUT2D eigenvalue weighted by Gasteiger charge is -2.11. The van der Waals surface area contributed by atoms with Crippen LogP contribution in [0.2, 0.25) is 0 Å². The maximum absolute atomic E-state index is 12.5. The molecule has 0 unspecified atom stereocenters. The Balaban J connectivity index is 2.85. The second-order valence-electron chi connectivity index (χ2n) is 3.63. The van der Waals surface area contributed by atoms with Crippen LogP contribution in [-0.2, 0) is 22.6 Å². The number of aromatic nitrogens is 2. The van der Waals surface area contributed by atoms with Crippen LogP contribution in [0.3, 0.4) is 0 Å². The van der Waals surface area contributed by atoms with Crippen molar-refractivity contribution in [2.75, 3.05) is 5.75 Å². The highest BCUT2D eigenvalue weighted by Gasteiger charge is 2.39. The molecular formula is C8H7F3N2O3S. The first-order chi connectivity index (χ1) is 7.64. The van der Waals surface area contributed by atoms with Crippen LogP contribution in [0.25, 0.3) is 0 Å². The summed E-state index contributed by atoms with van der Waals surface area (Å²) in [5.41, 5.74) is -3.18. The molecule has 94 valence electrons. The molecule has 2 rings (SSSR count). The minimum atomic E-state index is -4.76. The normalized spacial score (nSPS) is 18.1. The highest BCUT2D eigenvalue weighted by molar-refractivity contribution is 7.90. The number of rotatable bonds is 0. The maximum Gasteiger partial charge on any atom is 0.433 e. The Hall–Kier alpha value is -1.38. The Morgan fingerprint density at radius 2 is 1.94 bits per heavy atom. The van der Waals surface area contributed by atoms with Crippen molar-refractivity contribution in [2.24, 2.45) is 0 Å². The predicted octanol–water partition coefficient (Wildman–Crippen LogP) is 0.305. The van der Waals surface area contributed by atoms with E-state index in [-0.39, 0.29) is 12.2 Å². The Bertz CT molecular complexity index is 645. The SMILES string of the molecule is Cc1c(C(F)(F)F)nc2n(c1=O)S(=O)(=O)CC2. The van der Waals surface area contributed by atoms with Gasteiger partial charge in [0.05, 0.1) is 5.75 Å². The monoisotopic (exact) mass is 268 g/mol. The van der Waals surface area contributed by atoms with Crippen LogP contribution in [-0.4, -0.2) is 23.1 Å². The molecule has 0 radical (unpaired) electrons. The first-order valence-electron chi connectivity index (χ1n) is 4.57. The number of hydrogen-bond acceptors (Lipinski definition) is 4. The lowest BCUT2D eigenvalue weighted by molar-refractivity contribution is -0.142. The van der Waals surface area contributed by atoms with Gasteiger partial charge in [0.1, 0.15) is 5.82 Å². The molecule has 0 N–H and O–H groups in total. The summed E-state index contributed by atoms with van der Waals surface area (Å²) in [4.78, 5) is 14.8. The quantitative estimate of drug-likeness (QED) is 0.679. The lowest BCUT2D eigenvalue weighted by atomic mass is 10.2. The van der Waals surface area contributed by atoms with Gasteiger partial charge in [0.15, 0.2) is 5.69 Å². The van der Waals surface area contributed by atoms with Crippen molar-refractivity contribution in [2.45, 2.75) is 19.5 Å². The third-order valence-corrected chi connectivity index (χ3v) is 4.12. The first kappa shape index (κ1) is 12.1. The van der Waals surface area contributed by atoms with Gasteiger partial charge in [0, 0.05) is 12.0 Å². The van der Waals surface area contributed by atoms with Gasteiger partial charge in [-0.1, -0.05) is 0 Å². The first-order valence-corrected chi connectivity index (χ1v) is 6.18. The summed E-state index contributed by atoms with van der Waals surface area (Å²) in [5, 5.41) is 0. The number of nitrogens with zero attached hydrogens (tertiary/aromatic N) is 2. The van der Waals surface area contributed by atoms with Crippen molar-refractivity contribution in [1.82, 2.24) is 8.96 Å². The molecule has 0 fully saturated rings. The zero-order chi connectivity index (χ0) is 13.0. The Kier molecular flexibility index (Phi) is 2.35. The molecule has 0 atom stereocenters. The smallest absolute Gasteiger partial charge is 0.268 e. The number of halogens is 3. The zero-order valence-electron chi connectivity index (χ0n) is 8.58. The number of alkyl halides is 3. The molecule has 0 aromatic carbocycles. The Morgan fingerprint density at radius 1 is 1.35 bits per heavy atom. The standard InChI is InChI=1S/C8H7F3N2O3S/c1-4-6(8(9,10)11)12-5-2-3-17(15,16)13(5)7(4)14/h2-3H2,1H3. The van der Waals surface area contributed by atoms with E-state index < -0.39 is 38.8 Å². The van der Waals surface area contributed by atoms with Crippen LogP contribution in [0.4, 0.5) is 13.2 Å². The van der Waals surface area contributed by atoms with Crippen LogP contribution in [0.15, 0.2) is 4.79 Å². The van der Waals surface area contributed by atoms with Crippen LogP contribution < -0.4 is 5.56 Å². The van der Waals surface area contributed by atoms with E-state index in [2.05, 4.69) is 4.98 Å². The van der Waals surface area contributed by atoms with Crippen LogP contribution in [0.5, 0.6) is 0 Å². The third-order valence-electron chi connectivity index (χ3n) is 2.47. The van der Waals surface area contributed by atoms with Crippen LogP contribution >= 0.6 is 0 Å². The van der Waals surface area contributed by atoms with E-state index in [1.165, 1.54) is 0 Å². The molecule has 5 nitrogen and oxygen atoms in total. The average molecular weight is 268 g/mol. The van der Waals surface area contributed by atoms with Gasteiger partial charge in [-0.3, -0.25) is 4.79 Å². The van der Waals surface area contributed by atoms with E-state index in [1.54, 1.807) is 0 Å². The van der Waals surface area contributed by atoms with Crippen molar-refractivity contribution in [3.63, 3.8) is 0 Å². The summed E-state index contributed by atoms with van der Waals surface area (Å²) < 4.78 is 60.8. The zero-order valence-corrected chi connectivity index (χ0v) is 9.39. The van der Waals surface area contributed by atoms with E-state index in [9.17, 15) is 26.4 Å². The molecule has 0 saturated heterocycles. The molecule has 0 saturated carbocycles. The van der Waals surface area contributed by atoms with E-state index in [0.717, 1.165) is 6.92 Å². The van der Waals surface area contributed by atoms with Gasteiger partial charge >= 0.3 is 6.18 Å². The van der Waals surface area contributed by atoms with Crippen molar-refractivity contribution in [1.29, 1.82) is 0 Å². The minimum absolute atomic E-state index is 0.180. The van der Waals surface area contributed by atoms with E-state index in [4.69, 9.17) is 0 Å². The summed E-state index contributed by atoms with van der Waals surface area (Å²) >= 11 is 0. The second-order valence-corrected chi connectivity index (χ2v) is 5.57. The van der Waals surface area contributed by atoms with Gasteiger partial charge in [-0.15, -0.1) is 0 Å². The second kappa shape index (κ2) is 3.31. The van der Waals surface area contributed by atoms with E-state index in [0.29, 0.717) is 3.97 Å². The fraction of sp³-hybridized carbons (Fsp3) is 0.500. The highest BCUT2D eigenvalue weighted by atomic mass is 32.2. The van der Waals surface area contributed by atoms with E-state index in [1.807, 2.05) is 0 Å². The molecule has 17 heavy (non-hydrogen) atoms.